The van der Waals surface area contributed by atoms with Gasteiger partial charge >= 0.3 is 0 Å². The van der Waals surface area contributed by atoms with Crippen LogP contribution in [0.1, 0.15) is 47.5 Å². The third kappa shape index (κ3) is 5.93. The summed E-state index contributed by atoms with van der Waals surface area (Å²) < 4.78 is 0. The molecule has 0 aromatic rings. The SMILES string of the molecule is CCC(CC)CN(CC)CC(=O)C(C)C. The molecule has 0 radical (unpaired) electrons. The van der Waals surface area contributed by atoms with Crippen molar-refractivity contribution in [2.75, 3.05) is 19.6 Å². The number of Topliss-reactive ketones (excluding diaryl/α,β-unsaturated/α-hetero) is 1. The van der Waals surface area contributed by atoms with Crippen molar-refractivity contribution in [2.24, 2.45) is 11.8 Å². The van der Waals surface area contributed by atoms with E-state index >= 15 is 0 Å². The van der Waals surface area contributed by atoms with Gasteiger partial charge in [-0.25, -0.2) is 0 Å². The van der Waals surface area contributed by atoms with Crippen LogP contribution in [0.25, 0.3) is 0 Å². The van der Waals surface area contributed by atoms with Gasteiger partial charge in [0.05, 0.1) is 6.54 Å². The summed E-state index contributed by atoms with van der Waals surface area (Å²) in [5.74, 6) is 1.27. The van der Waals surface area contributed by atoms with Crippen LogP contribution in [-0.2, 0) is 4.79 Å². The molecule has 0 unspecified atom stereocenters. The van der Waals surface area contributed by atoms with Crippen LogP contribution in [-0.4, -0.2) is 30.3 Å². The van der Waals surface area contributed by atoms with E-state index in [2.05, 4.69) is 25.7 Å². The lowest BCUT2D eigenvalue weighted by molar-refractivity contribution is -0.123. The minimum Gasteiger partial charge on any atom is -0.298 e. The highest BCUT2D eigenvalue weighted by Crippen LogP contribution is 2.10. The fraction of sp³-hybridized carbons (Fsp3) is 0.923. The molecule has 15 heavy (non-hydrogen) atoms. The summed E-state index contributed by atoms with van der Waals surface area (Å²) in [5, 5.41) is 0. The lowest BCUT2D eigenvalue weighted by Gasteiger charge is -2.25. The second-order valence-corrected chi connectivity index (χ2v) is 4.63. The Morgan fingerprint density at radius 3 is 2.00 bits per heavy atom. The maximum atomic E-state index is 11.6. The number of hydrogen-bond acceptors (Lipinski definition) is 2. The molecule has 0 spiro atoms. The number of nitrogens with zero attached hydrogens (tertiary/aromatic N) is 1. The van der Waals surface area contributed by atoms with Crippen LogP contribution < -0.4 is 0 Å². The minimum absolute atomic E-state index is 0.167. The smallest absolute Gasteiger partial charge is 0.149 e. The molecule has 0 aliphatic rings. The van der Waals surface area contributed by atoms with E-state index in [-0.39, 0.29) is 5.92 Å². The zero-order valence-corrected chi connectivity index (χ0v) is 11.0. The predicted molar refractivity (Wildman–Crippen MR) is 66.0 cm³/mol. The predicted octanol–water partition coefficient (Wildman–Crippen LogP) is 2.97. The number of hydrogen-bond donors (Lipinski definition) is 0. The first-order valence-corrected chi connectivity index (χ1v) is 6.30. The Bertz CT molecular complexity index is 173. The summed E-state index contributed by atoms with van der Waals surface area (Å²) in [4.78, 5) is 13.9. The van der Waals surface area contributed by atoms with Crippen molar-refractivity contribution in [3.05, 3.63) is 0 Å². The normalized spacial score (nSPS) is 11.7. The number of ketones is 1. The van der Waals surface area contributed by atoms with E-state index in [1.165, 1.54) is 12.8 Å². The molecule has 0 heterocycles. The Balaban J connectivity index is 4.07. The molecular weight excluding hydrogens is 186 g/mol. The average molecular weight is 213 g/mol. The van der Waals surface area contributed by atoms with E-state index in [0.29, 0.717) is 12.3 Å². The maximum Gasteiger partial charge on any atom is 0.149 e. The van der Waals surface area contributed by atoms with Crippen molar-refractivity contribution in [1.29, 1.82) is 0 Å². The Morgan fingerprint density at radius 2 is 1.67 bits per heavy atom. The highest BCUT2D eigenvalue weighted by molar-refractivity contribution is 5.82. The third-order valence-electron chi connectivity index (χ3n) is 3.14. The van der Waals surface area contributed by atoms with Crippen LogP contribution in [0.3, 0.4) is 0 Å². The summed E-state index contributed by atoms with van der Waals surface area (Å²) in [6.07, 6.45) is 2.42. The van der Waals surface area contributed by atoms with Gasteiger partial charge in [0.1, 0.15) is 5.78 Å². The highest BCUT2D eigenvalue weighted by atomic mass is 16.1. The quantitative estimate of drug-likeness (QED) is 0.618. The van der Waals surface area contributed by atoms with Gasteiger partial charge in [0.2, 0.25) is 0 Å². The van der Waals surface area contributed by atoms with Crippen molar-refractivity contribution >= 4 is 5.78 Å². The Morgan fingerprint density at radius 1 is 1.13 bits per heavy atom. The van der Waals surface area contributed by atoms with Gasteiger partial charge in [-0.05, 0) is 12.5 Å². The number of carbonyl (C=O) groups excluding carboxylic acids is 1. The zero-order chi connectivity index (χ0) is 11.8. The molecular formula is C13H27NO. The molecule has 0 aromatic heterocycles. The van der Waals surface area contributed by atoms with E-state index in [4.69, 9.17) is 0 Å². The minimum atomic E-state index is 0.167. The summed E-state index contributed by atoms with van der Waals surface area (Å²) in [7, 11) is 0. The van der Waals surface area contributed by atoms with Crippen molar-refractivity contribution in [2.45, 2.75) is 47.5 Å². The number of carbonyl (C=O) groups is 1. The molecule has 0 N–H and O–H groups in total. The van der Waals surface area contributed by atoms with Gasteiger partial charge in [0.15, 0.2) is 0 Å². The van der Waals surface area contributed by atoms with Crippen molar-refractivity contribution in [3.63, 3.8) is 0 Å². The van der Waals surface area contributed by atoms with Crippen molar-refractivity contribution in [3.8, 4) is 0 Å². The van der Waals surface area contributed by atoms with Crippen LogP contribution in [0.5, 0.6) is 0 Å². The van der Waals surface area contributed by atoms with Crippen molar-refractivity contribution in [1.82, 2.24) is 4.90 Å². The van der Waals surface area contributed by atoms with E-state index in [0.717, 1.165) is 19.0 Å². The molecule has 0 aliphatic heterocycles. The average Bonchev–Trinajstić information content (AvgIpc) is 2.23. The van der Waals surface area contributed by atoms with Crippen LogP contribution in [0.15, 0.2) is 0 Å². The van der Waals surface area contributed by atoms with E-state index < -0.39 is 0 Å². The van der Waals surface area contributed by atoms with Crippen LogP contribution in [0.4, 0.5) is 0 Å². The summed E-state index contributed by atoms with van der Waals surface area (Å²) >= 11 is 0. The number of rotatable bonds is 8. The Kier molecular flexibility index (Phi) is 7.67. The maximum absolute atomic E-state index is 11.6. The monoisotopic (exact) mass is 213 g/mol. The lowest BCUT2D eigenvalue weighted by atomic mass is 10.0. The first-order valence-electron chi connectivity index (χ1n) is 6.30. The van der Waals surface area contributed by atoms with Gasteiger partial charge in [-0.15, -0.1) is 0 Å². The van der Waals surface area contributed by atoms with Gasteiger partial charge in [0.25, 0.3) is 0 Å². The highest BCUT2D eigenvalue weighted by Gasteiger charge is 2.15. The fourth-order valence-electron chi connectivity index (χ4n) is 1.62. The second kappa shape index (κ2) is 7.86. The topological polar surface area (TPSA) is 20.3 Å². The van der Waals surface area contributed by atoms with Gasteiger partial charge in [-0.1, -0.05) is 47.5 Å². The molecule has 90 valence electrons. The summed E-state index contributed by atoms with van der Waals surface area (Å²) in [6, 6.07) is 0. The molecule has 0 saturated heterocycles. The summed E-state index contributed by atoms with van der Waals surface area (Å²) in [5.41, 5.74) is 0. The molecule has 0 aliphatic carbocycles. The molecule has 0 amide bonds. The first-order chi connectivity index (χ1) is 7.04. The zero-order valence-electron chi connectivity index (χ0n) is 11.0. The van der Waals surface area contributed by atoms with Crippen LogP contribution in [0.2, 0.25) is 0 Å². The molecule has 2 heteroatoms. The lowest BCUT2D eigenvalue weighted by Crippen LogP contribution is -2.35. The molecule has 0 bridgehead atoms. The van der Waals surface area contributed by atoms with E-state index in [1.807, 2.05) is 13.8 Å². The van der Waals surface area contributed by atoms with E-state index in [1.54, 1.807) is 0 Å². The molecule has 0 saturated carbocycles. The molecule has 0 rings (SSSR count). The molecule has 0 aromatic carbocycles. The first kappa shape index (κ1) is 14.6. The van der Waals surface area contributed by atoms with Crippen LogP contribution in [0, 0.1) is 11.8 Å². The third-order valence-corrected chi connectivity index (χ3v) is 3.14. The molecule has 0 atom stereocenters. The van der Waals surface area contributed by atoms with Crippen LogP contribution >= 0.6 is 0 Å². The van der Waals surface area contributed by atoms with Gasteiger partial charge in [-0.2, -0.15) is 0 Å². The largest absolute Gasteiger partial charge is 0.298 e. The Labute approximate surface area is 95.0 Å². The van der Waals surface area contributed by atoms with E-state index in [9.17, 15) is 4.79 Å². The van der Waals surface area contributed by atoms with Gasteiger partial charge in [0, 0.05) is 12.5 Å². The standard InChI is InChI=1S/C13H27NO/c1-6-12(7-2)9-14(8-3)10-13(15)11(4)5/h11-12H,6-10H2,1-5H3. The van der Waals surface area contributed by atoms with Crippen molar-refractivity contribution < 1.29 is 4.79 Å². The fourth-order valence-corrected chi connectivity index (χ4v) is 1.62. The Hall–Kier alpha value is -0.370. The molecule has 0 fully saturated rings. The number of likely N-dealkylation sites (N-methyl/N-ethyl adjacent to an activating group) is 1. The van der Waals surface area contributed by atoms with Gasteiger partial charge in [-0.3, -0.25) is 9.69 Å². The second-order valence-electron chi connectivity index (χ2n) is 4.63. The summed E-state index contributed by atoms with van der Waals surface area (Å²) in [6.45, 7) is 13.2. The van der Waals surface area contributed by atoms with Gasteiger partial charge < -0.3 is 0 Å². The molecule has 2 nitrogen and oxygen atoms in total.